The third kappa shape index (κ3) is 3.21. The Kier molecular flexibility index (Phi) is 5.06. The number of carbonyl (C=O) groups is 2. The molecule has 1 aromatic carbocycles. The average molecular weight is 388 g/mol. The summed E-state index contributed by atoms with van der Waals surface area (Å²) in [5, 5.41) is 4.48. The van der Waals surface area contributed by atoms with Crippen molar-refractivity contribution in [3.8, 4) is 11.5 Å². The minimum atomic E-state index is -0.517. The number of anilines is 1. The summed E-state index contributed by atoms with van der Waals surface area (Å²) >= 11 is 6.68. The van der Waals surface area contributed by atoms with E-state index in [1.165, 1.54) is 30.5 Å². The summed E-state index contributed by atoms with van der Waals surface area (Å²) in [6.45, 7) is 1.92. The number of rotatable bonds is 4. The van der Waals surface area contributed by atoms with Crippen molar-refractivity contribution in [3.63, 3.8) is 0 Å². The zero-order chi connectivity index (χ0) is 18.8. The van der Waals surface area contributed by atoms with Crippen LogP contribution in [0, 0.1) is 6.92 Å². The highest BCUT2D eigenvalue weighted by Gasteiger charge is 2.36. The molecule has 0 aliphatic carbocycles. The monoisotopic (exact) mass is 388 g/mol. The summed E-state index contributed by atoms with van der Waals surface area (Å²) in [7, 11) is 3.02. The molecule has 1 saturated heterocycles. The normalized spacial score (nSPS) is 16.0. The van der Waals surface area contributed by atoms with Gasteiger partial charge in [0.1, 0.15) is 17.1 Å². The summed E-state index contributed by atoms with van der Waals surface area (Å²) in [6.07, 6.45) is 1.59. The summed E-state index contributed by atoms with van der Waals surface area (Å²) in [5.41, 5.74) is 1.43. The second-order valence-corrected chi connectivity index (χ2v) is 6.80. The van der Waals surface area contributed by atoms with Gasteiger partial charge in [0.2, 0.25) is 0 Å². The predicted octanol–water partition coefficient (Wildman–Crippen LogP) is 2.91. The molecule has 0 bridgehead atoms. The van der Waals surface area contributed by atoms with Gasteiger partial charge in [0.15, 0.2) is 5.11 Å². The van der Waals surface area contributed by atoms with E-state index in [0.29, 0.717) is 17.2 Å². The number of benzene rings is 1. The van der Waals surface area contributed by atoms with Crippen LogP contribution < -0.4 is 19.7 Å². The molecule has 26 heavy (non-hydrogen) atoms. The van der Waals surface area contributed by atoms with Gasteiger partial charge in [-0.1, -0.05) is 0 Å². The van der Waals surface area contributed by atoms with Gasteiger partial charge < -0.3 is 9.47 Å². The van der Waals surface area contributed by atoms with Crippen LogP contribution in [0.5, 0.6) is 11.5 Å². The van der Waals surface area contributed by atoms with Gasteiger partial charge in [0.05, 0.1) is 19.9 Å². The number of amides is 2. The van der Waals surface area contributed by atoms with E-state index >= 15 is 0 Å². The van der Waals surface area contributed by atoms with Crippen molar-refractivity contribution in [2.75, 3.05) is 19.1 Å². The lowest BCUT2D eigenvalue weighted by Gasteiger charge is -2.30. The van der Waals surface area contributed by atoms with Crippen LogP contribution in [-0.4, -0.2) is 31.1 Å². The van der Waals surface area contributed by atoms with Gasteiger partial charge in [-0.2, -0.15) is 0 Å². The summed E-state index contributed by atoms with van der Waals surface area (Å²) in [4.78, 5) is 27.5. The van der Waals surface area contributed by atoms with Crippen molar-refractivity contribution in [2.45, 2.75) is 6.92 Å². The van der Waals surface area contributed by atoms with Crippen LogP contribution in [0.4, 0.5) is 5.69 Å². The Balaban J connectivity index is 2.06. The number of ether oxygens (including phenoxy) is 2. The molecule has 1 aromatic heterocycles. The Hall–Kier alpha value is -2.71. The molecule has 134 valence electrons. The van der Waals surface area contributed by atoms with E-state index in [4.69, 9.17) is 21.7 Å². The first-order chi connectivity index (χ1) is 12.5. The zero-order valence-electron chi connectivity index (χ0n) is 14.4. The lowest BCUT2D eigenvalue weighted by atomic mass is 10.1. The molecule has 3 rings (SSSR count). The molecule has 8 heteroatoms. The second kappa shape index (κ2) is 7.27. The molecule has 0 saturated carbocycles. The molecule has 0 atom stereocenters. The van der Waals surface area contributed by atoms with E-state index in [0.717, 1.165) is 10.4 Å². The number of carbonyl (C=O) groups excluding carboxylic acids is 2. The summed E-state index contributed by atoms with van der Waals surface area (Å²) < 4.78 is 10.5. The van der Waals surface area contributed by atoms with Gasteiger partial charge in [-0.25, -0.2) is 4.90 Å². The third-order valence-electron chi connectivity index (χ3n) is 3.91. The van der Waals surface area contributed by atoms with Crippen molar-refractivity contribution >= 4 is 52.2 Å². The molecule has 2 aromatic rings. The smallest absolute Gasteiger partial charge is 0.270 e. The Morgan fingerprint density at radius 3 is 2.58 bits per heavy atom. The van der Waals surface area contributed by atoms with E-state index in [1.54, 1.807) is 24.3 Å². The Morgan fingerprint density at radius 1 is 1.19 bits per heavy atom. The Morgan fingerprint density at radius 2 is 1.96 bits per heavy atom. The summed E-state index contributed by atoms with van der Waals surface area (Å²) in [6, 6.07) is 6.93. The van der Waals surface area contributed by atoms with Crippen molar-refractivity contribution in [1.29, 1.82) is 0 Å². The van der Waals surface area contributed by atoms with Crippen molar-refractivity contribution < 1.29 is 19.1 Å². The molecule has 6 nitrogen and oxygen atoms in total. The molecule has 2 heterocycles. The van der Waals surface area contributed by atoms with Crippen LogP contribution in [0.15, 0.2) is 35.2 Å². The van der Waals surface area contributed by atoms with Crippen LogP contribution in [0.25, 0.3) is 6.08 Å². The second-order valence-electron chi connectivity index (χ2n) is 5.46. The molecular formula is C18H16N2O4S2. The first-order valence-corrected chi connectivity index (χ1v) is 8.92. The number of hydrogen-bond acceptors (Lipinski definition) is 6. The summed E-state index contributed by atoms with van der Waals surface area (Å²) in [5.74, 6) is -0.0376. The van der Waals surface area contributed by atoms with Gasteiger partial charge in [-0.05, 0) is 54.4 Å². The predicted molar refractivity (Wildman–Crippen MR) is 105 cm³/mol. The third-order valence-corrected chi connectivity index (χ3v) is 5.16. The molecule has 1 aliphatic heterocycles. The van der Waals surface area contributed by atoms with Crippen LogP contribution in [0.1, 0.15) is 10.4 Å². The minimum absolute atomic E-state index is 0.00326. The fourth-order valence-electron chi connectivity index (χ4n) is 2.51. The van der Waals surface area contributed by atoms with E-state index in [1.807, 2.05) is 18.4 Å². The topological polar surface area (TPSA) is 67.9 Å². The van der Waals surface area contributed by atoms with Crippen LogP contribution >= 0.6 is 23.6 Å². The van der Waals surface area contributed by atoms with Crippen molar-refractivity contribution in [2.24, 2.45) is 0 Å². The quantitative estimate of drug-likeness (QED) is 0.496. The van der Waals surface area contributed by atoms with Gasteiger partial charge in [-0.15, -0.1) is 11.3 Å². The number of hydrogen-bond donors (Lipinski definition) is 1. The van der Waals surface area contributed by atoms with E-state index in [2.05, 4.69) is 5.32 Å². The van der Waals surface area contributed by atoms with Gasteiger partial charge in [0, 0.05) is 10.9 Å². The SMILES string of the molecule is COc1ccc(N2C(=O)/C(=C/c3sccc3C)C(=O)NC2=S)c(OC)c1. The van der Waals surface area contributed by atoms with E-state index < -0.39 is 11.8 Å². The van der Waals surface area contributed by atoms with Crippen molar-refractivity contribution in [1.82, 2.24) is 5.32 Å². The fourth-order valence-corrected chi connectivity index (χ4v) is 3.64. The maximum atomic E-state index is 13.0. The lowest BCUT2D eigenvalue weighted by molar-refractivity contribution is -0.122. The fraction of sp³-hybridized carbons (Fsp3) is 0.167. The zero-order valence-corrected chi connectivity index (χ0v) is 16.0. The molecule has 2 amide bonds. The number of nitrogens with zero attached hydrogens (tertiary/aromatic N) is 1. The molecule has 1 fully saturated rings. The Labute approximate surface area is 160 Å². The van der Waals surface area contributed by atoms with Crippen LogP contribution in [0.3, 0.4) is 0 Å². The minimum Gasteiger partial charge on any atom is -0.497 e. The average Bonchev–Trinajstić information content (AvgIpc) is 3.03. The number of thiophene rings is 1. The maximum absolute atomic E-state index is 13.0. The molecule has 0 spiro atoms. The highest BCUT2D eigenvalue weighted by atomic mass is 32.1. The first kappa shape index (κ1) is 18.1. The maximum Gasteiger partial charge on any atom is 0.270 e. The largest absolute Gasteiger partial charge is 0.497 e. The molecule has 0 unspecified atom stereocenters. The molecular weight excluding hydrogens is 372 g/mol. The highest BCUT2D eigenvalue weighted by molar-refractivity contribution is 7.80. The van der Waals surface area contributed by atoms with Gasteiger partial charge in [-0.3, -0.25) is 14.9 Å². The van der Waals surface area contributed by atoms with Gasteiger partial charge in [0.25, 0.3) is 11.8 Å². The Bertz CT molecular complexity index is 933. The molecule has 1 N–H and O–H groups in total. The number of thiocarbonyl (C=S) groups is 1. The standard InChI is InChI=1S/C18H16N2O4S2/c1-10-6-7-26-15(10)9-12-16(21)19-18(25)20(17(12)22)13-5-4-11(23-2)8-14(13)24-3/h4-9H,1-3H3,(H,19,21,25)/b12-9+. The van der Waals surface area contributed by atoms with Crippen LogP contribution in [-0.2, 0) is 9.59 Å². The molecule has 1 aliphatic rings. The van der Waals surface area contributed by atoms with E-state index in [-0.39, 0.29) is 10.7 Å². The van der Waals surface area contributed by atoms with Crippen LogP contribution in [0.2, 0.25) is 0 Å². The molecule has 0 radical (unpaired) electrons. The van der Waals surface area contributed by atoms with Crippen molar-refractivity contribution in [3.05, 3.63) is 45.7 Å². The first-order valence-electron chi connectivity index (χ1n) is 7.64. The number of methoxy groups -OCH3 is 2. The number of nitrogens with one attached hydrogen (secondary N) is 1. The van der Waals surface area contributed by atoms with Gasteiger partial charge >= 0.3 is 0 Å². The van der Waals surface area contributed by atoms with E-state index in [9.17, 15) is 9.59 Å². The highest BCUT2D eigenvalue weighted by Crippen LogP contribution is 2.34. The lowest BCUT2D eigenvalue weighted by Crippen LogP contribution is -2.54. The number of aryl methyl sites for hydroxylation is 1.